The molecule has 0 radical (unpaired) electrons. The highest BCUT2D eigenvalue weighted by Crippen LogP contribution is 2.29. The van der Waals surface area contributed by atoms with E-state index in [2.05, 4.69) is 80.0 Å². The molecule has 1 aliphatic rings. The predicted octanol–water partition coefficient (Wildman–Crippen LogP) is 4.38. The van der Waals surface area contributed by atoms with Crippen LogP contribution in [0.4, 0.5) is 0 Å². The van der Waals surface area contributed by atoms with Crippen molar-refractivity contribution in [1.82, 2.24) is 19.3 Å². The Morgan fingerprint density at radius 2 is 1.42 bits per heavy atom. The molecule has 1 saturated heterocycles. The van der Waals surface area contributed by atoms with Crippen LogP contribution in [-0.2, 0) is 0 Å². The monoisotopic (exact) mass is 409 g/mol. The summed E-state index contributed by atoms with van der Waals surface area (Å²) in [7, 11) is 0. The lowest BCUT2D eigenvalue weighted by Gasteiger charge is -2.38. The number of piperazine rings is 1. The lowest BCUT2D eigenvalue weighted by atomic mass is 9.96. The van der Waals surface area contributed by atoms with E-state index in [0.29, 0.717) is 0 Å². The third-order valence-electron chi connectivity index (χ3n) is 5.98. The number of fused-ring (bicyclic) bond motifs is 1. The SMILES string of the molecule is Cc1nc2ccccn2c1C=NN1CCN(C(c2ccccc2)c2ccccc2)CC1. The Balaban J connectivity index is 1.32. The Hall–Kier alpha value is -3.44. The normalized spacial score (nSPS) is 15.4. The summed E-state index contributed by atoms with van der Waals surface area (Å²) < 4.78 is 2.09. The summed E-state index contributed by atoms with van der Waals surface area (Å²) in [6, 6.07) is 27.9. The first-order valence-electron chi connectivity index (χ1n) is 10.9. The number of pyridine rings is 1. The van der Waals surface area contributed by atoms with Crippen molar-refractivity contribution in [2.45, 2.75) is 13.0 Å². The maximum absolute atomic E-state index is 4.80. The summed E-state index contributed by atoms with van der Waals surface area (Å²) in [4.78, 5) is 7.19. The number of hydrazone groups is 1. The summed E-state index contributed by atoms with van der Waals surface area (Å²) in [6.07, 6.45) is 4.00. The topological polar surface area (TPSA) is 36.1 Å². The molecule has 0 N–H and O–H groups in total. The van der Waals surface area contributed by atoms with Crippen LogP contribution in [0.5, 0.6) is 0 Å². The fraction of sp³-hybridized carbons (Fsp3) is 0.231. The standard InChI is InChI=1S/C26H27N5/c1-21-24(31-15-9-8-14-25(31)28-21)20-27-30-18-16-29(17-19-30)26(22-10-4-2-5-11-22)23-12-6-3-7-13-23/h2-15,20,26H,16-19H2,1H3. The summed E-state index contributed by atoms with van der Waals surface area (Å²) in [6.45, 7) is 5.79. The zero-order chi connectivity index (χ0) is 21.0. The van der Waals surface area contributed by atoms with Crippen LogP contribution >= 0.6 is 0 Å². The van der Waals surface area contributed by atoms with Gasteiger partial charge in [0.1, 0.15) is 5.65 Å². The first-order chi connectivity index (χ1) is 15.3. The molecule has 0 atom stereocenters. The molecule has 0 spiro atoms. The van der Waals surface area contributed by atoms with Gasteiger partial charge in [-0.05, 0) is 30.2 Å². The minimum Gasteiger partial charge on any atom is -0.298 e. The van der Waals surface area contributed by atoms with Gasteiger partial charge in [0.15, 0.2) is 0 Å². The van der Waals surface area contributed by atoms with Crippen molar-refractivity contribution in [3.05, 3.63) is 108 Å². The van der Waals surface area contributed by atoms with Crippen LogP contribution in [0.25, 0.3) is 5.65 Å². The second kappa shape index (κ2) is 8.74. The number of nitrogens with zero attached hydrogens (tertiary/aromatic N) is 5. The van der Waals surface area contributed by atoms with E-state index in [4.69, 9.17) is 5.10 Å². The van der Waals surface area contributed by atoms with Gasteiger partial charge in [-0.3, -0.25) is 14.3 Å². The van der Waals surface area contributed by atoms with Gasteiger partial charge >= 0.3 is 0 Å². The van der Waals surface area contributed by atoms with Crippen molar-refractivity contribution in [3.63, 3.8) is 0 Å². The lowest BCUT2D eigenvalue weighted by Crippen LogP contribution is -2.45. The first-order valence-corrected chi connectivity index (χ1v) is 10.9. The van der Waals surface area contributed by atoms with E-state index in [-0.39, 0.29) is 6.04 Å². The number of hydrogen-bond donors (Lipinski definition) is 0. The minimum absolute atomic E-state index is 0.273. The van der Waals surface area contributed by atoms with E-state index in [1.165, 1.54) is 11.1 Å². The Morgan fingerprint density at radius 3 is 2.06 bits per heavy atom. The van der Waals surface area contributed by atoms with Gasteiger partial charge in [-0.15, -0.1) is 0 Å². The number of hydrogen-bond acceptors (Lipinski definition) is 4. The number of aromatic nitrogens is 2. The quantitative estimate of drug-likeness (QED) is 0.459. The number of benzene rings is 2. The van der Waals surface area contributed by atoms with Crippen LogP contribution in [0, 0.1) is 6.92 Å². The van der Waals surface area contributed by atoms with E-state index in [1.54, 1.807) is 0 Å². The zero-order valence-corrected chi connectivity index (χ0v) is 17.8. The van der Waals surface area contributed by atoms with E-state index in [1.807, 2.05) is 37.5 Å². The molecule has 3 heterocycles. The van der Waals surface area contributed by atoms with Crippen LogP contribution < -0.4 is 0 Å². The highest BCUT2D eigenvalue weighted by Gasteiger charge is 2.25. The van der Waals surface area contributed by atoms with Gasteiger partial charge in [-0.2, -0.15) is 5.10 Å². The molecule has 0 amide bonds. The van der Waals surface area contributed by atoms with E-state index < -0.39 is 0 Å². The summed E-state index contributed by atoms with van der Waals surface area (Å²) >= 11 is 0. The number of imidazole rings is 1. The molecule has 5 rings (SSSR count). The molecule has 5 heteroatoms. The molecule has 1 fully saturated rings. The minimum atomic E-state index is 0.273. The number of rotatable bonds is 5. The van der Waals surface area contributed by atoms with Crippen LogP contribution in [0.1, 0.15) is 28.6 Å². The van der Waals surface area contributed by atoms with Crippen molar-refractivity contribution < 1.29 is 0 Å². The van der Waals surface area contributed by atoms with E-state index in [9.17, 15) is 0 Å². The first kappa shape index (κ1) is 19.5. The van der Waals surface area contributed by atoms with Crippen molar-refractivity contribution in [2.24, 2.45) is 5.10 Å². The molecule has 156 valence electrons. The maximum atomic E-state index is 4.80. The number of aryl methyl sites for hydroxylation is 1. The van der Waals surface area contributed by atoms with E-state index >= 15 is 0 Å². The Morgan fingerprint density at radius 1 is 0.806 bits per heavy atom. The molecule has 2 aromatic carbocycles. The Labute approximate surface area is 183 Å². The van der Waals surface area contributed by atoms with Crippen LogP contribution in [0.2, 0.25) is 0 Å². The van der Waals surface area contributed by atoms with Crippen molar-refractivity contribution in [2.75, 3.05) is 26.2 Å². The molecule has 0 aliphatic carbocycles. The molecule has 0 saturated carbocycles. The predicted molar refractivity (Wildman–Crippen MR) is 125 cm³/mol. The summed E-state index contributed by atoms with van der Waals surface area (Å²) in [5.74, 6) is 0. The van der Waals surface area contributed by atoms with Crippen LogP contribution in [-0.4, -0.2) is 51.7 Å². The van der Waals surface area contributed by atoms with Crippen LogP contribution in [0.15, 0.2) is 90.2 Å². The largest absolute Gasteiger partial charge is 0.298 e. The van der Waals surface area contributed by atoms with Crippen molar-refractivity contribution >= 4 is 11.9 Å². The second-order valence-corrected chi connectivity index (χ2v) is 7.97. The summed E-state index contributed by atoms with van der Waals surface area (Å²) in [5.41, 5.74) is 5.69. The molecular weight excluding hydrogens is 382 g/mol. The smallest absolute Gasteiger partial charge is 0.137 e. The molecule has 4 aromatic rings. The molecule has 5 nitrogen and oxygen atoms in total. The third-order valence-corrected chi connectivity index (χ3v) is 5.98. The molecule has 0 unspecified atom stereocenters. The van der Waals surface area contributed by atoms with Gasteiger partial charge in [0.25, 0.3) is 0 Å². The van der Waals surface area contributed by atoms with Crippen LogP contribution in [0.3, 0.4) is 0 Å². The van der Waals surface area contributed by atoms with Gasteiger partial charge in [-0.25, -0.2) is 4.98 Å². The van der Waals surface area contributed by atoms with Gasteiger partial charge in [-0.1, -0.05) is 66.7 Å². The highest BCUT2D eigenvalue weighted by molar-refractivity contribution is 5.80. The average Bonchev–Trinajstić information content (AvgIpc) is 3.15. The van der Waals surface area contributed by atoms with E-state index in [0.717, 1.165) is 43.2 Å². The fourth-order valence-corrected chi connectivity index (χ4v) is 4.39. The molecule has 1 aliphatic heterocycles. The van der Waals surface area contributed by atoms with Gasteiger partial charge in [0.2, 0.25) is 0 Å². The Bertz CT molecular complexity index is 1120. The van der Waals surface area contributed by atoms with Gasteiger partial charge in [0.05, 0.1) is 23.6 Å². The molecule has 2 aromatic heterocycles. The highest BCUT2D eigenvalue weighted by atomic mass is 15.5. The summed E-state index contributed by atoms with van der Waals surface area (Å²) in [5, 5.41) is 6.97. The van der Waals surface area contributed by atoms with Gasteiger partial charge < -0.3 is 0 Å². The molecule has 31 heavy (non-hydrogen) atoms. The van der Waals surface area contributed by atoms with Crippen molar-refractivity contribution in [3.8, 4) is 0 Å². The second-order valence-electron chi connectivity index (χ2n) is 7.97. The zero-order valence-electron chi connectivity index (χ0n) is 17.8. The molecular formula is C26H27N5. The Kier molecular flexibility index (Phi) is 5.50. The van der Waals surface area contributed by atoms with Crippen molar-refractivity contribution in [1.29, 1.82) is 0 Å². The fourth-order valence-electron chi connectivity index (χ4n) is 4.39. The third kappa shape index (κ3) is 4.09. The average molecular weight is 410 g/mol. The van der Waals surface area contributed by atoms with Gasteiger partial charge in [0, 0.05) is 32.4 Å². The lowest BCUT2D eigenvalue weighted by molar-refractivity contribution is 0.113. The maximum Gasteiger partial charge on any atom is 0.137 e. The molecule has 0 bridgehead atoms.